The molecule has 1 aliphatic carbocycles. The van der Waals surface area contributed by atoms with Crippen molar-refractivity contribution in [1.29, 1.82) is 0 Å². The summed E-state index contributed by atoms with van der Waals surface area (Å²) in [6.45, 7) is 5.82. The molecule has 5 heteroatoms. The molecule has 0 aliphatic heterocycles. The highest BCUT2D eigenvalue weighted by Crippen LogP contribution is 2.36. The second-order valence-electron chi connectivity index (χ2n) is 7.55. The van der Waals surface area contributed by atoms with Crippen LogP contribution in [-0.2, 0) is 4.79 Å². The van der Waals surface area contributed by atoms with Gasteiger partial charge in [-0.3, -0.25) is 19.1 Å². The Bertz CT molecular complexity index is 971. The minimum Gasteiger partial charge on any atom is -0.293 e. The number of aromatic nitrogens is 3. The van der Waals surface area contributed by atoms with Crippen molar-refractivity contribution in [3.05, 3.63) is 47.8 Å². The van der Waals surface area contributed by atoms with Gasteiger partial charge in [-0.15, -0.1) is 0 Å². The van der Waals surface area contributed by atoms with Crippen LogP contribution < -0.4 is 4.90 Å². The molecule has 140 valence electrons. The summed E-state index contributed by atoms with van der Waals surface area (Å²) in [6, 6.07) is 10.3. The van der Waals surface area contributed by atoms with Crippen molar-refractivity contribution >= 4 is 17.4 Å². The number of carbonyl (C=O) groups excluding carboxylic acids is 1. The van der Waals surface area contributed by atoms with Crippen LogP contribution in [0.5, 0.6) is 0 Å². The predicted molar refractivity (Wildman–Crippen MR) is 108 cm³/mol. The number of pyridine rings is 2. The Hall–Kier alpha value is -2.69. The number of rotatable bonds is 3. The molecule has 27 heavy (non-hydrogen) atoms. The molecule has 4 rings (SSSR count). The fourth-order valence-corrected chi connectivity index (χ4v) is 4.33. The van der Waals surface area contributed by atoms with E-state index in [1.807, 2.05) is 23.1 Å². The van der Waals surface area contributed by atoms with Crippen molar-refractivity contribution in [1.82, 2.24) is 14.4 Å². The Morgan fingerprint density at radius 1 is 1.15 bits per heavy atom. The summed E-state index contributed by atoms with van der Waals surface area (Å²) in [5.41, 5.74) is 4.69. The summed E-state index contributed by atoms with van der Waals surface area (Å²) < 4.78 is 2.12. The SMILES string of the molecule is CC(=O)N(c1c(-c2ccccn2)nc2cc(C)cc(C)n12)C1CCCCC1. The van der Waals surface area contributed by atoms with E-state index in [0.29, 0.717) is 0 Å². The number of imidazole rings is 1. The zero-order valence-electron chi connectivity index (χ0n) is 16.3. The molecule has 0 spiro atoms. The standard InChI is InChI=1S/C22H26N4O/c1-15-13-16(2)25-20(14-15)24-21(19-11-7-8-12-23-19)22(25)26(17(3)27)18-9-5-4-6-10-18/h7-8,11-14,18H,4-6,9-10H2,1-3H3. The minimum absolute atomic E-state index is 0.0702. The fraction of sp³-hybridized carbons (Fsp3) is 0.409. The summed E-state index contributed by atoms with van der Waals surface area (Å²) in [7, 11) is 0. The molecule has 0 unspecified atom stereocenters. The van der Waals surface area contributed by atoms with Gasteiger partial charge in [-0.2, -0.15) is 0 Å². The van der Waals surface area contributed by atoms with Gasteiger partial charge in [0.1, 0.15) is 17.2 Å². The van der Waals surface area contributed by atoms with E-state index in [-0.39, 0.29) is 11.9 Å². The van der Waals surface area contributed by atoms with E-state index >= 15 is 0 Å². The van der Waals surface area contributed by atoms with E-state index in [1.54, 1.807) is 13.1 Å². The highest BCUT2D eigenvalue weighted by Gasteiger charge is 2.31. The van der Waals surface area contributed by atoms with Crippen molar-refractivity contribution < 1.29 is 4.79 Å². The van der Waals surface area contributed by atoms with Crippen molar-refractivity contribution in [3.63, 3.8) is 0 Å². The molecule has 0 aromatic carbocycles. The van der Waals surface area contributed by atoms with Crippen LogP contribution >= 0.6 is 0 Å². The van der Waals surface area contributed by atoms with E-state index in [1.165, 1.54) is 19.3 Å². The van der Waals surface area contributed by atoms with Crippen LogP contribution in [0.3, 0.4) is 0 Å². The number of amides is 1. The van der Waals surface area contributed by atoms with Crippen LogP contribution in [0.4, 0.5) is 5.82 Å². The minimum atomic E-state index is 0.0702. The van der Waals surface area contributed by atoms with Crippen LogP contribution in [-0.4, -0.2) is 26.3 Å². The monoisotopic (exact) mass is 362 g/mol. The highest BCUT2D eigenvalue weighted by atomic mass is 16.2. The Labute approximate surface area is 160 Å². The second-order valence-corrected chi connectivity index (χ2v) is 7.55. The molecular formula is C22H26N4O. The van der Waals surface area contributed by atoms with E-state index in [0.717, 1.165) is 47.0 Å². The van der Waals surface area contributed by atoms with Crippen molar-refractivity contribution in [2.45, 2.75) is 58.9 Å². The predicted octanol–water partition coefficient (Wildman–Crippen LogP) is 4.70. The lowest BCUT2D eigenvalue weighted by atomic mass is 9.94. The number of hydrogen-bond donors (Lipinski definition) is 0. The van der Waals surface area contributed by atoms with Gasteiger partial charge in [0.2, 0.25) is 5.91 Å². The zero-order valence-corrected chi connectivity index (χ0v) is 16.3. The van der Waals surface area contributed by atoms with Gasteiger partial charge in [-0.1, -0.05) is 25.3 Å². The van der Waals surface area contributed by atoms with Crippen molar-refractivity contribution in [2.75, 3.05) is 4.90 Å². The molecule has 1 aliphatic rings. The first kappa shape index (κ1) is 17.7. The summed E-state index contributed by atoms with van der Waals surface area (Å²) in [6.07, 6.45) is 7.45. The van der Waals surface area contributed by atoms with Gasteiger partial charge in [0.05, 0.1) is 5.69 Å². The number of carbonyl (C=O) groups is 1. The molecule has 0 bridgehead atoms. The lowest BCUT2D eigenvalue weighted by molar-refractivity contribution is -0.117. The molecule has 0 radical (unpaired) electrons. The van der Waals surface area contributed by atoms with Gasteiger partial charge >= 0.3 is 0 Å². The number of fused-ring (bicyclic) bond motifs is 1. The normalized spacial score (nSPS) is 15.2. The second kappa shape index (κ2) is 7.14. The Balaban J connectivity index is 1.99. The van der Waals surface area contributed by atoms with Crippen LogP contribution in [0.15, 0.2) is 36.5 Å². The first-order valence-electron chi connectivity index (χ1n) is 9.77. The summed E-state index contributed by atoms with van der Waals surface area (Å²) in [5.74, 6) is 0.932. The lowest BCUT2D eigenvalue weighted by Crippen LogP contribution is -2.41. The maximum atomic E-state index is 12.8. The topological polar surface area (TPSA) is 50.5 Å². The van der Waals surface area contributed by atoms with E-state index in [2.05, 4.69) is 35.4 Å². The number of aryl methyl sites for hydroxylation is 2. The maximum absolute atomic E-state index is 12.8. The van der Waals surface area contributed by atoms with Crippen molar-refractivity contribution in [2.24, 2.45) is 0 Å². The molecule has 0 atom stereocenters. The third-order valence-corrected chi connectivity index (χ3v) is 5.44. The highest BCUT2D eigenvalue weighted by molar-refractivity contribution is 5.96. The first-order chi connectivity index (χ1) is 13.1. The first-order valence-corrected chi connectivity index (χ1v) is 9.77. The average Bonchev–Trinajstić information content (AvgIpc) is 3.02. The molecular weight excluding hydrogens is 336 g/mol. The van der Waals surface area contributed by atoms with Crippen LogP contribution in [0.1, 0.15) is 50.3 Å². The van der Waals surface area contributed by atoms with E-state index in [9.17, 15) is 4.79 Å². The molecule has 3 aromatic heterocycles. The van der Waals surface area contributed by atoms with Gasteiger partial charge in [0.25, 0.3) is 0 Å². The van der Waals surface area contributed by atoms with Gasteiger partial charge < -0.3 is 0 Å². The van der Waals surface area contributed by atoms with Gasteiger partial charge in [0.15, 0.2) is 0 Å². The maximum Gasteiger partial charge on any atom is 0.225 e. The largest absolute Gasteiger partial charge is 0.293 e. The van der Waals surface area contributed by atoms with Gasteiger partial charge in [-0.25, -0.2) is 4.98 Å². The van der Waals surface area contributed by atoms with E-state index < -0.39 is 0 Å². The fourth-order valence-electron chi connectivity index (χ4n) is 4.33. The zero-order chi connectivity index (χ0) is 19.0. The molecule has 1 fully saturated rings. The van der Waals surface area contributed by atoms with E-state index in [4.69, 9.17) is 4.98 Å². The Morgan fingerprint density at radius 2 is 1.93 bits per heavy atom. The van der Waals surface area contributed by atoms with Crippen LogP contribution in [0.2, 0.25) is 0 Å². The van der Waals surface area contributed by atoms with Gasteiger partial charge in [0, 0.05) is 24.9 Å². The Morgan fingerprint density at radius 3 is 2.59 bits per heavy atom. The summed E-state index contributed by atoms with van der Waals surface area (Å²) >= 11 is 0. The smallest absolute Gasteiger partial charge is 0.225 e. The Kier molecular flexibility index (Phi) is 4.68. The van der Waals surface area contributed by atoms with Crippen LogP contribution in [0, 0.1) is 13.8 Å². The van der Waals surface area contributed by atoms with Crippen molar-refractivity contribution in [3.8, 4) is 11.4 Å². The summed E-state index contributed by atoms with van der Waals surface area (Å²) in [5, 5.41) is 0. The molecule has 0 N–H and O–H groups in total. The third kappa shape index (κ3) is 3.22. The van der Waals surface area contributed by atoms with Gasteiger partial charge in [-0.05, 0) is 56.5 Å². The quantitative estimate of drug-likeness (QED) is 0.679. The average molecular weight is 362 g/mol. The third-order valence-electron chi connectivity index (χ3n) is 5.44. The molecule has 3 heterocycles. The molecule has 1 amide bonds. The summed E-state index contributed by atoms with van der Waals surface area (Å²) in [4.78, 5) is 24.2. The number of anilines is 1. The molecule has 3 aromatic rings. The lowest BCUT2D eigenvalue weighted by Gasteiger charge is -2.34. The number of nitrogens with zero attached hydrogens (tertiary/aromatic N) is 4. The molecule has 5 nitrogen and oxygen atoms in total. The number of hydrogen-bond acceptors (Lipinski definition) is 3. The molecule has 1 saturated carbocycles. The van der Waals surface area contributed by atoms with Crippen LogP contribution in [0.25, 0.3) is 17.0 Å². The molecule has 0 saturated heterocycles.